The van der Waals surface area contributed by atoms with Crippen LogP contribution in [0.15, 0.2) is 54.7 Å². The molecule has 2 aromatic heterocycles. The molecular weight excluding hydrogens is 508 g/mol. The molecule has 2 aromatic carbocycles. The summed E-state index contributed by atoms with van der Waals surface area (Å²) in [6, 6.07) is 15.6. The van der Waals surface area contributed by atoms with Crippen molar-refractivity contribution in [2.24, 2.45) is 0 Å². The summed E-state index contributed by atoms with van der Waals surface area (Å²) in [6.45, 7) is 8.09. The molecule has 11 nitrogen and oxygen atoms in total. The van der Waals surface area contributed by atoms with E-state index >= 15 is 0 Å². The fourth-order valence-corrected chi connectivity index (χ4v) is 5.03. The summed E-state index contributed by atoms with van der Waals surface area (Å²) in [6.07, 6.45) is 1.93. The minimum Gasteiger partial charge on any atom is -0.379 e. The Morgan fingerprint density at radius 3 is 2.40 bits per heavy atom. The maximum absolute atomic E-state index is 11.9. The van der Waals surface area contributed by atoms with Crippen molar-refractivity contribution in [3.63, 3.8) is 0 Å². The molecular formula is C29H34N8O3. The van der Waals surface area contributed by atoms with Gasteiger partial charge in [0.05, 0.1) is 50.4 Å². The smallest absolute Gasteiger partial charge is 0.251 e. The molecule has 2 fully saturated rings. The van der Waals surface area contributed by atoms with Crippen LogP contribution in [0.1, 0.15) is 10.4 Å². The standard InChI is InChI=1S/C29H34N8O3/c1-30-28(38)21-2-5-24(6-3-21)32-27-19-25(33-29(34-27)36-12-16-40-17-13-36)22-4-7-26-23(18-22)20-31-37(26)9-8-35-10-14-39-15-11-35/h2-7,18-20H,8-17H2,1H3,(H,30,38)(H,32,33,34). The number of anilines is 3. The topological polar surface area (TPSA) is 110 Å². The highest BCUT2D eigenvalue weighted by molar-refractivity contribution is 5.94. The lowest BCUT2D eigenvalue weighted by atomic mass is 10.1. The molecule has 2 saturated heterocycles. The minimum atomic E-state index is -0.120. The first-order valence-corrected chi connectivity index (χ1v) is 13.7. The van der Waals surface area contributed by atoms with E-state index in [1.165, 1.54) is 0 Å². The summed E-state index contributed by atoms with van der Waals surface area (Å²) in [5.74, 6) is 1.22. The SMILES string of the molecule is CNC(=O)c1ccc(Nc2cc(-c3ccc4c(cnn4CCN4CCOCC4)c3)nc(N3CCOCC3)n2)cc1. The Morgan fingerprint density at radius 2 is 1.65 bits per heavy atom. The quantitative estimate of drug-likeness (QED) is 0.347. The van der Waals surface area contributed by atoms with Crippen molar-refractivity contribution >= 4 is 34.3 Å². The molecule has 2 aliphatic heterocycles. The van der Waals surface area contributed by atoms with Gasteiger partial charge in [-0.3, -0.25) is 14.4 Å². The largest absolute Gasteiger partial charge is 0.379 e. The number of hydrogen-bond donors (Lipinski definition) is 2. The van der Waals surface area contributed by atoms with Gasteiger partial charge in [-0.1, -0.05) is 6.07 Å². The number of nitrogens with one attached hydrogen (secondary N) is 2. The van der Waals surface area contributed by atoms with Crippen molar-refractivity contribution in [2.45, 2.75) is 6.54 Å². The number of ether oxygens (including phenoxy) is 2. The van der Waals surface area contributed by atoms with Gasteiger partial charge in [-0.2, -0.15) is 10.1 Å². The Morgan fingerprint density at radius 1 is 0.900 bits per heavy atom. The first kappa shape index (κ1) is 26.2. The monoisotopic (exact) mass is 542 g/mol. The third kappa shape index (κ3) is 5.91. The molecule has 11 heteroatoms. The van der Waals surface area contributed by atoms with E-state index < -0.39 is 0 Å². The van der Waals surface area contributed by atoms with Crippen molar-refractivity contribution in [3.05, 3.63) is 60.3 Å². The van der Waals surface area contributed by atoms with Gasteiger partial charge < -0.3 is 25.0 Å². The van der Waals surface area contributed by atoms with Gasteiger partial charge in [0, 0.05) is 68.0 Å². The van der Waals surface area contributed by atoms with Crippen LogP contribution in [-0.2, 0) is 16.0 Å². The van der Waals surface area contributed by atoms with E-state index in [4.69, 9.17) is 19.4 Å². The number of aromatic nitrogens is 4. The van der Waals surface area contributed by atoms with Gasteiger partial charge >= 0.3 is 0 Å². The van der Waals surface area contributed by atoms with Crippen LogP contribution in [0.2, 0.25) is 0 Å². The zero-order valence-corrected chi connectivity index (χ0v) is 22.7. The number of fused-ring (bicyclic) bond motifs is 1. The first-order chi connectivity index (χ1) is 19.7. The lowest BCUT2D eigenvalue weighted by Gasteiger charge is -2.27. The average molecular weight is 543 g/mol. The van der Waals surface area contributed by atoms with E-state index in [-0.39, 0.29) is 5.91 Å². The molecule has 0 radical (unpaired) electrons. The van der Waals surface area contributed by atoms with Crippen LogP contribution in [0.4, 0.5) is 17.5 Å². The molecule has 40 heavy (non-hydrogen) atoms. The summed E-state index contributed by atoms with van der Waals surface area (Å²) >= 11 is 0. The number of hydrogen-bond acceptors (Lipinski definition) is 9. The third-order valence-corrected chi connectivity index (χ3v) is 7.32. The molecule has 208 valence electrons. The second-order valence-corrected chi connectivity index (χ2v) is 9.91. The van der Waals surface area contributed by atoms with E-state index in [0.29, 0.717) is 30.5 Å². The van der Waals surface area contributed by atoms with E-state index in [1.807, 2.05) is 24.4 Å². The second-order valence-electron chi connectivity index (χ2n) is 9.91. The Labute approximate surface area is 233 Å². The average Bonchev–Trinajstić information content (AvgIpc) is 3.43. The molecule has 6 rings (SSSR count). The molecule has 0 unspecified atom stereocenters. The lowest BCUT2D eigenvalue weighted by molar-refractivity contribution is 0.0361. The highest BCUT2D eigenvalue weighted by atomic mass is 16.5. The molecule has 2 aliphatic rings. The molecule has 2 N–H and O–H groups in total. The normalized spacial score (nSPS) is 16.3. The van der Waals surface area contributed by atoms with Crippen LogP contribution in [-0.4, -0.2) is 96.8 Å². The lowest BCUT2D eigenvalue weighted by Crippen LogP contribution is -2.38. The molecule has 0 saturated carbocycles. The predicted octanol–water partition coefficient (Wildman–Crippen LogP) is 2.77. The summed E-state index contributed by atoms with van der Waals surface area (Å²) in [5, 5.41) is 11.8. The zero-order chi connectivity index (χ0) is 27.3. The van der Waals surface area contributed by atoms with Crippen LogP contribution in [0.5, 0.6) is 0 Å². The highest BCUT2D eigenvalue weighted by Gasteiger charge is 2.18. The van der Waals surface area contributed by atoms with E-state index in [2.05, 4.69) is 48.4 Å². The predicted molar refractivity (Wildman–Crippen MR) is 154 cm³/mol. The van der Waals surface area contributed by atoms with Gasteiger partial charge in [0.2, 0.25) is 5.95 Å². The van der Waals surface area contributed by atoms with Gasteiger partial charge in [0.1, 0.15) is 5.82 Å². The van der Waals surface area contributed by atoms with Gasteiger partial charge in [0.15, 0.2) is 0 Å². The Bertz CT molecular complexity index is 1460. The zero-order valence-electron chi connectivity index (χ0n) is 22.7. The Hall–Kier alpha value is -4.06. The number of carbonyl (C=O) groups is 1. The first-order valence-electron chi connectivity index (χ1n) is 13.7. The van der Waals surface area contributed by atoms with Crippen molar-refractivity contribution in [1.82, 2.24) is 30.0 Å². The van der Waals surface area contributed by atoms with Crippen molar-refractivity contribution in [3.8, 4) is 11.3 Å². The van der Waals surface area contributed by atoms with Crippen LogP contribution >= 0.6 is 0 Å². The number of amides is 1. The highest BCUT2D eigenvalue weighted by Crippen LogP contribution is 2.28. The molecule has 0 bridgehead atoms. The summed E-state index contributed by atoms with van der Waals surface area (Å²) in [7, 11) is 1.62. The number of carbonyl (C=O) groups excluding carboxylic acids is 1. The summed E-state index contributed by atoms with van der Waals surface area (Å²) < 4.78 is 13.1. The van der Waals surface area contributed by atoms with Gasteiger partial charge in [-0.05, 0) is 36.4 Å². The molecule has 1 amide bonds. The van der Waals surface area contributed by atoms with Crippen molar-refractivity contribution < 1.29 is 14.3 Å². The van der Waals surface area contributed by atoms with Gasteiger partial charge in [-0.25, -0.2) is 4.98 Å². The number of rotatable bonds is 8. The number of benzene rings is 2. The molecule has 0 atom stereocenters. The van der Waals surface area contributed by atoms with Crippen LogP contribution in [0.3, 0.4) is 0 Å². The second kappa shape index (κ2) is 12.0. The summed E-state index contributed by atoms with van der Waals surface area (Å²) in [5.41, 5.74) is 4.36. The van der Waals surface area contributed by atoms with Gasteiger partial charge in [-0.15, -0.1) is 0 Å². The molecule has 0 aliphatic carbocycles. The fourth-order valence-electron chi connectivity index (χ4n) is 5.03. The van der Waals surface area contributed by atoms with Gasteiger partial charge in [0.25, 0.3) is 5.91 Å². The van der Waals surface area contributed by atoms with E-state index in [9.17, 15) is 4.79 Å². The number of nitrogens with zero attached hydrogens (tertiary/aromatic N) is 6. The van der Waals surface area contributed by atoms with Crippen LogP contribution < -0.4 is 15.5 Å². The van der Waals surface area contributed by atoms with Crippen molar-refractivity contribution in [1.29, 1.82) is 0 Å². The van der Waals surface area contributed by atoms with Crippen LogP contribution in [0.25, 0.3) is 22.2 Å². The molecule has 4 aromatic rings. The molecule has 4 heterocycles. The third-order valence-electron chi connectivity index (χ3n) is 7.32. The maximum atomic E-state index is 11.9. The minimum absolute atomic E-state index is 0.120. The maximum Gasteiger partial charge on any atom is 0.251 e. The van der Waals surface area contributed by atoms with E-state index in [0.717, 1.165) is 80.3 Å². The van der Waals surface area contributed by atoms with Crippen LogP contribution in [0, 0.1) is 0 Å². The molecule has 0 spiro atoms. The Kier molecular flexibility index (Phi) is 7.85. The Balaban J connectivity index is 1.27. The van der Waals surface area contributed by atoms with E-state index in [1.54, 1.807) is 19.2 Å². The van der Waals surface area contributed by atoms with Crippen molar-refractivity contribution in [2.75, 3.05) is 76.4 Å². The fraction of sp³-hybridized carbons (Fsp3) is 0.379. The summed E-state index contributed by atoms with van der Waals surface area (Å²) in [4.78, 5) is 26.3. The number of morpholine rings is 2.